The lowest BCUT2D eigenvalue weighted by Crippen LogP contribution is -2.40. The fourth-order valence-corrected chi connectivity index (χ4v) is 2.52. The first-order valence-corrected chi connectivity index (χ1v) is 7.74. The zero-order valence-electron chi connectivity index (χ0n) is 13.7. The van der Waals surface area contributed by atoms with Crippen LogP contribution in [0.4, 0.5) is 0 Å². The van der Waals surface area contributed by atoms with Crippen LogP contribution in [-0.2, 0) is 11.3 Å². The SMILES string of the molecule is CN=C(NCC(C)C)N(C)Cc1csc(C(C)OC)n1.I. The number of thiazole rings is 1. The van der Waals surface area contributed by atoms with Crippen molar-refractivity contribution in [1.82, 2.24) is 15.2 Å². The molecule has 1 N–H and O–H groups in total. The molecule has 0 saturated carbocycles. The number of aliphatic imine (C=N–C) groups is 1. The van der Waals surface area contributed by atoms with E-state index in [1.165, 1.54) is 0 Å². The van der Waals surface area contributed by atoms with Crippen molar-refractivity contribution in [1.29, 1.82) is 0 Å². The van der Waals surface area contributed by atoms with E-state index in [1.807, 2.05) is 14.0 Å². The van der Waals surface area contributed by atoms with Gasteiger partial charge in [0.2, 0.25) is 0 Å². The van der Waals surface area contributed by atoms with E-state index in [9.17, 15) is 0 Å². The van der Waals surface area contributed by atoms with E-state index in [2.05, 4.69) is 39.4 Å². The molecule has 0 fully saturated rings. The monoisotopic (exact) mass is 426 g/mol. The molecule has 1 rings (SSSR count). The fraction of sp³-hybridized carbons (Fsp3) is 0.714. The minimum absolute atomic E-state index is 0. The first-order chi connectivity index (χ1) is 9.47. The van der Waals surface area contributed by atoms with Crippen LogP contribution >= 0.6 is 35.3 Å². The molecule has 1 unspecified atom stereocenters. The topological polar surface area (TPSA) is 49.8 Å². The summed E-state index contributed by atoms with van der Waals surface area (Å²) in [5, 5.41) is 6.45. The minimum Gasteiger partial charge on any atom is -0.375 e. The second-order valence-electron chi connectivity index (χ2n) is 5.23. The Bertz CT molecular complexity index is 436. The van der Waals surface area contributed by atoms with Crippen molar-refractivity contribution in [2.75, 3.05) is 27.7 Å². The number of nitrogens with zero attached hydrogens (tertiary/aromatic N) is 3. The van der Waals surface area contributed by atoms with Gasteiger partial charge in [0.1, 0.15) is 11.1 Å². The molecule has 0 saturated heterocycles. The molecule has 0 radical (unpaired) electrons. The first-order valence-electron chi connectivity index (χ1n) is 6.86. The Balaban J connectivity index is 0.00000400. The van der Waals surface area contributed by atoms with Crippen molar-refractivity contribution in [2.45, 2.75) is 33.4 Å². The standard InChI is InChI=1S/C14H26N4OS.HI/c1-10(2)7-16-14(15-4)18(5)8-12-9-20-13(17-12)11(3)19-6;/h9-11H,7-8H2,1-6H3,(H,15,16);1H. The van der Waals surface area contributed by atoms with Crippen molar-refractivity contribution in [3.8, 4) is 0 Å². The van der Waals surface area contributed by atoms with Crippen LogP contribution < -0.4 is 5.32 Å². The average molecular weight is 426 g/mol. The minimum atomic E-state index is 0. The molecule has 1 atom stereocenters. The van der Waals surface area contributed by atoms with E-state index in [4.69, 9.17) is 4.74 Å². The summed E-state index contributed by atoms with van der Waals surface area (Å²) < 4.78 is 5.29. The number of hydrogen-bond acceptors (Lipinski definition) is 4. The highest BCUT2D eigenvalue weighted by atomic mass is 127. The molecule has 0 bridgehead atoms. The molecule has 122 valence electrons. The van der Waals surface area contributed by atoms with E-state index in [1.54, 1.807) is 25.5 Å². The Morgan fingerprint density at radius 2 is 2.14 bits per heavy atom. The predicted octanol–water partition coefficient (Wildman–Crippen LogP) is 3.13. The molecule has 1 aromatic heterocycles. The number of halogens is 1. The molecule has 0 aliphatic rings. The van der Waals surface area contributed by atoms with Crippen LogP contribution in [0.15, 0.2) is 10.4 Å². The molecule has 21 heavy (non-hydrogen) atoms. The number of methoxy groups -OCH3 is 1. The summed E-state index contributed by atoms with van der Waals surface area (Å²) >= 11 is 1.64. The van der Waals surface area contributed by atoms with Crippen molar-refractivity contribution in [3.05, 3.63) is 16.1 Å². The summed E-state index contributed by atoms with van der Waals surface area (Å²) in [7, 11) is 5.53. The van der Waals surface area contributed by atoms with Gasteiger partial charge in [0.05, 0.1) is 12.2 Å². The number of ether oxygens (including phenoxy) is 1. The van der Waals surface area contributed by atoms with Crippen molar-refractivity contribution >= 4 is 41.3 Å². The predicted molar refractivity (Wildman–Crippen MR) is 101 cm³/mol. The molecule has 0 aliphatic heterocycles. The average Bonchev–Trinajstić information content (AvgIpc) is 2.86. The lowest BCUT2D eigenvalue weighted by Gasteiger charge is -2.22. The third-order valence-electron chi connectivity index (χ3n) is 2.91. The fourth-order valence-electron chi connectivity index (χ4n) is 1.68. The summed E-state index contributed by atoms with van der Waals surface area (Å²) in [4.78, 5) is 11.0. The van der Waals surface area contributed by atoms with Gasteiger partial charge < -0.3 is 15.0 Å². The zero-order chi connectivity index (χ0) is 15.1. The molecule has 0 amide bonds. The van der Waals surface area contributed by atoms with Gasteiger partial charge in [0.15, 0.2) is 5.96 Å². The molecule has 1 heterocycles. The van der Waals surface area contributed by atoms with Gasteiger partial charge in [-0.25, -0.2) is 4.98 Å². The molecule has 1 aromatic rings. The largest absolute Gasteiger partial charge is 0.375 e. The van der Waals surface area contributed by atoms with Crippen LogP contribution in [0.5, 0.6) is 0 Å². The summed E-state index contributed by atoms with van der Waals surface area (Å²) in [6.45, 7) is 8.03. The smallest absolute Gasteiger partial charge is 0.193 e. The molecule has 5 nitrogen and oxygen atoms in total. The van der Waals surface area contributed by atoms with Crippen LogP contribution in [0.2, 0.25) is 0 Å². The molecular formula is C14H27IN4OS. The number of rotatable bonds is 6. The van der Waals surface area contributed by atoms with Crippen LogP contribution in [0, 0.1) is 5.92 Å². The van der Waals surface area contributed by atoms with Crippen molar-refractivity contribution < 1.29 is 4.74 Å². The van der Waals surface area contributed by atoms with E-state index in [0.717, 1.165) is 29.8 Å². The number of nitrogens with one attached hydrogen (secondary N) is 1. The lowest BCUT2D eigenvalue weighted by atomic mass is 10.2. The van der Waals surface area contributed by atoms with Gasteiger partial charge in [-0.05, 0) is 12.8 Å². The molecule has 0 aliphatic carbocycles. The van der Waals surface area contributed by atoms with Crippen LogP contribution in [0.25, 0.3) is 0 Å². The Labute approximate surface area is 149 Å². The maximum absolute atomic E-state index is 5.29. The van der Waals surface area contributed by atoms with Crippen molar-refractivity contribution in [2.24, 2.45) is 10.9 Å². The quantitative estimate of drug-likeness (QED) is 0.432. The first kappa shape index (κ1) is 20.6. The second kappa shape index (κ2) is 10.3. The van der Waals surface area contributed by atoms with E-state index < -0.39 is 0 Å². The van der Waals surface area contributed by atoms with E-state index in [-0.39, 0.29) is 30.1 Å². The van der Waals surface area contributed by atoms with E-state index >= 15 is 0 Å². The number of aromatic nitrogens is 1. The Morgan fingerprint density at radius 3 is 2.67 bits per heavy atom. The third-order valence-corrected chi connectivity index (χ3v) is 3.97. The van der Waals surface area contributed by atoms with Crippen molar-refractivity contribution in [3.63, 3.8) is 0 Å². The maximum Gasteiger partial charge on any atom is 0.193 e. The van der Waals surface area contributed by atoms with Gasteiger partial charge >= 0.3 is 0 Å². The van der Waals surface area contributed by atoms with Gasteiger partial charge in [-0.1, -0.05) is 13.8 Å². The summed E-state index contributed by atoms with van der Waals surface area (Å²) in [5.74, 6) is 1.49. The highest BCUT2D eigenvalue weighted by Gasteiger charge is 2.12. The summed E-state index contributed by atoms with van der Waals surface area (Å²) in [5.41, 5.74) is 1.05. The summed E-state index contributed by atoms with van der Waals surface area (Å²) in [6.07, 6.45) is 0.0532. The highest BCUT2D eigenvalue weighted by molar-refractivity contribution is 14.0. The van der Waals surface area contributed by atoms with Gasteiger partial charge in [-0.3, -0.25) is 4.99 Å². The second-order valence-corrected chi connectivity index (χ2v) is 6.12. The molecule has 0 aromatic carbocycles. The van der Waals surface area contributed by atoms with Gasteiger partial charge in [-0.2, -0.15) is 0 Å². The van der Waals surface area contributed by atoms with Crippen LogP contribution in [-0.4, -0.2) is 43.6 Å². The molecule has 7 heteroatoms. The summed E-state index contributed by atoms with van der Waals surface area (Å²) in [6, 6.07) is 0. The molecule has 0 spiro atoms. The Morgan fingerprint density at radius 1 is 1.48 bits per heavy atom. The lowest BCUT2D eigenvalue weighted by molar-refractivity contribution is 0.119. The normalized spacial score (nSPS) is 13.0. The van der Waals surface area contributed by atoms with Gasteiger partial charge in [0.25, 0.3) is 0 Å². The van der Waals surface area contributed by atoms with E-state index in [0.29, 0.717) is 5.92 Å². The van der Waals surface area contributed by atoms with Gasteiger partial charge in [-0.15, -0.1) is 35.3 Å². The Hall–Kier alpha value is -0.410. The van der Waals surface area contributed by atoms with Crippen LogP contribution in [0.3, 0.4) is 0 Å². The van der Waals surface area contributed by atoms with Gasteiger partial charge in [0, 0.05) is 33.1 Å². The Kier molecular flexibility index (Phi) is 10.1. The highest BCUT2D eigenvalue weighted by Crippen LogP contribution is 2.20. The number of guanidine groups is 1. The number of hydrogen-bond donors (Lipinski definition) is 1. The van der Waals surface area contributed by atoms with Crippen LogP contribution in [0.1, 0.15) is 37.6 Å². The molecular weight excluding hydrogens is 399 g/mol. The maximum atomic E-state index is 5.29. The third kappa shape index (κ3) is 6.92. The zero-order valence-corrected chi connectivity index (χ0v) is 16.9.